The Hall–Kier alpha value is -1.44. The van der Waals surface area contributed by atoms with Crippen LogP contribution < -0.4 is 11.1 Å². The van der Waals surface area contributed by atoms with Crippen molar-refractivity contribution in [3.8, 4) is 0 Å². The second kappa shape index (κ2) is 5.59. The number of aromatic nitrogens is 3. The third-order valence-corrected chi connectivity index (χ3v) is 2.72. The Morgan fingerprint density at radius 3 is 2.94 bits per heavy atom. The zero-order valence-corrected chi connectivity index (χ0v) is 10.0. The van der Waals surface area contributed by atoms with E-state index in [2.05, 4.69) is 15.4 Å². The van der Waals surface area contributed by atoms with Crippen LogP contribution >= 0.6 is 0 Å². The zero-order chi connectivity index (χ0) is 12.1. The molecule has 0 saturated heterocycles. The minimum Gasteiger partial charge on any atom is -0.367 e. The van der Waals surface area contributed by atoms with Crippen LogP contribution in [-0.2, 0) is 22.1 Å². The molecule has 0 fully saturated rings. The number of hydrogen-bond donors (Lipinski definition) is 2. The van der Waals surface area contributed by atoms with Gasteiger partial charge in [0, 0.05) is 28.9 Å². The Bertz CT molecular complexity index is 392. The lowest BCUT2D eigenvalue weighted by molar-refractivity contribution is -0.122. The molecule has 7 nitrogen and oxygen atoms in total. The van der Waals surface area contributed by atoms with Gasteiger partial charge in [0.2, 0.25) is 11.9 Å². The molecule has 2 unspecified atom stereocenters. The average Bonchev–Trinajstić information content (AvgIpc) is 2.48. The number of amides is 1. The van der Waals surface area contributed by atoms with Gasteiger partial charge in [-0.2, -0.15) is 0 Å². The van der Waals surface area contributed by atoms with Crippen molar-refractivity contribution in [3.63, 3.8) is 0 Å². The van der Waals surface area contributed by atoms with Gasteiger partial charge in [0.25, 0.3) is 0 Å². The minimum atomic E-state index is -0.924. The molecular weight excluding hydrogens is 230 g/mol. The molecule has 0 radical (unpaired) electrons. The maximum atomic E-state index is 11.5. The van der Waals surface area contributed by atoms with Gasteiger partial charge in [-0.3, -0.25) is 9.00 Å². The lowest BCUT2D eigenvalue weighted by atomic mass is 10.4. The van der Waals surface area contributed by atoms with E-state index in [1.54, 1.807) is 13.2 Å². The number of nitrogens with two attached hydrogens (primary N) is 1. The van der Waals surface area contributed by atoms with Crippen LogP contribution in [0, 0.1) is 0 Å². The van der Waals surface area contributed by atoms with Crippen LogP contribution in [0.5, 0.6) is 0 Å². The Kier molecular flexibility index (Phi) is 4.41. The van der Waals surface area contributed by atoms with E-state index in [1.165, 1.54) is 11.0 Å². The van der Waals surface area contributed by atoms with Crippen molar-refractivity contribution in [1.82, 2.24) is 20.1 Å². The third-order valence-electron chi connectivity index (χ3n) is 1.75. The van der Waals surface area contributed by atoms with Crippen molar-refractivity contribution in [3.05, 3.63) is 6.33 Å². The van der Waals surface area contributed by atoms with E-state index < -0.39 is 10.8 Å². The van der Waals surface area contributed by atoms with Crippen molar-refractivity contribution >= 4 is 22.7 Å². The molecule has 90 valence electrons. The van der Waals surface area contributed by atoms with E-state index in [0.29, 0.717) is 5.75 Å². The predicted molar refractivity (Wildman–Crippen MR) is 61.0 cm³/mol. The number of carbonyl (C=O) groups is 1. The fourth-order valence-electron chi connectivity index (χ4n) is 1.25. The molecule has 1 rings (SSSR count). The minimum absolute atomic E-state index is 0.0604. The van der Waals surface area contributed by atoms with E-state index >= 15 is 0 Å². The van der Waals surface area contributed by atoms with Crippen LogP contribution in [0.25, 0.3) is 0 Å². The molecule has 1 aromatic heterocycles. The molecule has 3 N–H and O–H groups in total. The quantitative estimate of drug-likeness (QED) is 0.674. The molecule has 1 amide bonds. The highest BCUT2D eigenvalue weighted by Crippen LogP contribution is 1.91. The number of hydrogen-bond acceptors (Lipinski definition) is 5. The highest BCUT2D eigenvalue weighted by Gasteiger charge is 2.09. The molecule has 2 atom stereocenters. The van der Waals surface area contributed by atoms with Crippen molar-refractivity contribution < 1.29 is 9.00 Å². The lowest BCUT2D eigenvalue weighted by Crippen LogP contribution is -2.38. The van der Waals surface area contributed by atoms with Gasteiger partial charge in [-0.05, 0) is 6.92 Å². The number of carbonyl (C=O) groups excluding carboxylic acids is 1. The molecule has 0 bridgehead atoms. The molecule has 0 aliphatic carbocycles. The van der Waals surface area contributed by atoms with Gasteiger partial charge in [-0.25, -0.2) is 9.67 Å². The molecular formula is C8H15N5O2S. The highest BCUT2D eigenvalue weighted by molar-refractivity contribution is 7.84. The Labute approximate surface area is 95.9 Å². The first kappa shape index (κ1) is 12.6. The Morgan fingerprint density at radius 1 is 1.75 bits per heavy atom. The van der Waals surface area contributed by atoms with Crippen molar-refractivity contribution in [2.24, 2.45) is 0 Å². The van der Waals surface area contributed by atoms with Gasteiger partial charge in [-0.15, -0.1) is 5.10 Å². The Morgan fingerprint density at radius 2 is 2.44 bits per heavy atom. The van der Waals surface area contributed by atoms with Crippen LogP contribution in [0.1, 0.15) is 6.92 Å². The average molecular weight is 245 g/mol. The fourth-order valence-corrected chi connectivity index (χ4v) is 2.03. The monoisotopic (exact) mass is 245 g/mol. The molecule has 1 aromatic rings. The first-order valence-electron chi connectivity index (χ1n) is 4.71. The van der Waals surface area contributed by atoms with Gasteiger partial charge >= 0.3 is 0 Å². The van der Waals surface area contributed by atoms with Crippen LogP contribution in [0.15, 0.2) is 6.33 Å². The third kappa shape index (κ3) is 4.39. The number of rotatable bonds is 5. The maximum Gasteiger partial charge on any atom is 0.242 e. The molecule has 16 heavy (non-hydrogen) atoms. The predicted octanol–water partition coefficient (Wildman–Crippen LogP) is -1.26. The molecule has 0 spiro atoms. The van der Waals surface area contributed by atoms with Gasteiger partial charge in [0.15, 0.2) is 0 Å². The Balaban J connectivity index is 2.38. The summed E-state index contributed by atoms with van der Waals surface area (Å²) >= 11 is 0. The van der Waals surface area contributed by atoms with Crippen molar-refractivity contribution in [2.45, 2.75) is 19.5 Å². The first-order chi connectivity index (χ1) is 7.47. The standard InChI is InChI=1S/C8H15N5O2S/c1-6(4-16(2)15)11-7(14)3-13-5-10-8(9)12-13/h5-6H,3-4H2,1-2H3,(H2,9,12)(H,11,14). The van der Waals surface area contributed by atoms with Gasteiger partial charge < -0.3 is 11.1 Å². The SMILES string of the molecule is CC(CS(C)=O)NC(=O)Cn1cnc(N)n1. The van der Waals surface area contributed by atoms with Gasteiger partial charge in [0.1, 0.15) is 12.9 Å². The van der Waals surface area contributed by atoms with Gasteiger partial charge in [-0.1, -0.05) is 0 Å². The summed E-state index contributed by atoms with van der Waals surface area (Å²) in [6.07, 6.45) is 2.98. The summed E-state index contributed by atoms with van der Waals surface area (Å²) < 4.78 is 12.3. The molecule has 8 heteroatoms. The number of nitrogens with zero attached hydrogens (tertiary/aromatic N) is 3. The summed E-state index contributed by atoms with van der Waals surface area (Å²) in [5.74, 6) is 0.365. The highest BCUT2D eigenvalue weighted by atomic mass is 32.2. The summed E-state index contributed by atoms with van der Waals surface area (Å²) in [4.78, 5) is 15.2. The normalized spacial score (nSPS) is 14.4. The van der Waals surface area contributed by atoms with Crippen molar-refractivity contribution in [1.29, 1.82) is 0 Å². The summed E-state index contributed by atoms with van der Waals surface area (Å²) in [6, 6.07) is -0.126. The fraction of sp³-hybridized carbons (Fsp3) is 0.625. The number of anilines is 1. The molecule has 0 aromatic carbocycles. The maximum absolute atomic E-state index is 11.5. The van der Waals surface area contributed by atoms with Gasteiger partial charge in [0.05, 0.1) is 0 Å². The molecule has 0 saturated carbocycles. The first-order valence-corrected chi connectivity index (χ1v) is 6.44. The second-order valence-corrected chi connectivity index (χ2v) is 4.99. The van der Waals surface area contributed by atoms with Crippen LogP contribution in [0.4, 0.5) is 5.95 Å². The van der Waals surface area contributed by atoms with E-state index in [9.17, 15) is 9.00 Å². The van der Waals surface area contributed by atoms with Crippen LogP contribution in [0.3, 0.4) is 0 Å². The molecule has 0 aliphatic heterocycles. The van der Waals surface area contributed by atoms with E-state index in [0.717, 1.165) is 0 Å². The lowest BCUT2D eigenvalue weighted by Gasteiger charge is -2.11. The van der Waals surface area contributed by atoms with E-state index in [1.807, 2.05) is 0 Å². The zero-order valence-electron chi connectivity index (χ0n) is 9.21. The number of nitrogen functional groups attached to an aromatic ring is 1. The largest absolute Gasteiger partial charge is 0.367 e. The summed E-state index contributed by atoms with van der Waals surface area (Å²) in [6.45, 7) is 1.86. The van der Waals surface area contributed by atoms with E-state index in [-0.39, 0.29) is 24.4 Å². The molecule has 1 heterocycles. The van der Waals surface area contributed by atoms with Crippen LogP contribution in [-0.4, -0.2) is 42.9 Å². The topological polar surface area (TPSA) is 103 Å². The molecule has 0 aliphatic rings. The smallest absolute Gasteiger partial charge is 0.242 e. The second-order valence-electron chi connectivity index (χ2n) is 3.51. The summed E-state index contributed by atoms with van der Waals surface area (Å²) in [7, 11) is -0.924. The summed E-state index contributed by atoms with van der Waals surface area (Å²) in [5.41, 5.74) is 5.31. The number of nitrogens with one attached hydrogen (secondary N) is 1. The summed E-state index contributed by atoms with van der Waals surface area (Å²) in [5, 5.41) is 6.49. The van der Waals surface area contributed by atoms with E-state index in [4.69, 9.17) is 5.73 Å². The van der Waals surface area contributed by atoms with Crippen molar-refractivity contribution in [2.75, 3.05) is 17.7 Å². The van der Waals surface area contributed by atoms with Crippen LogP contribution in [0.2, 0.25) is 0 Å².